The van der Waals surface area contributed by atoms with E-state index < -0.39 is 0 Å². The molecule has 0 N–H and O–H groups in total. The van der Waals surface area contributed by atoms with Crippen molar-refractivity contribution >= 4 is 17.5 Å². The predicted molar refractivity (Wildman–Crippen MR) is 65.8 cm³/mol. The first-order valence-corrected chi connectivity index (χ1v) is 6.70. The molecule has 1 aliphatic rings. The highest BCUT2D eigenvalue weighted by molar-refractivity contribution is 6.30. The maximum absolute atomic E-state index is 11.9. The fraction of sp³-hybridized carbons (Fsp3) is 0.917. The highest BCUT2D eigenvalue weighted by atomic mass is 35.5. The third-order valence-electron chi connectivity index (χ3n) is 2.90. The molecule has 0 bridgehead atoms. The van der Waals surface area contributed by atoms with Crippen LogP contribution in [0.2, 0.25) is 0 Å². The average Bonchev–Trinajstić information content (AvgIpc) is 2.34. The third-order valence-corrected chi connectivity index (χ3v) is 3.31. The van der Waals surface area contributed by atoms with Crippen LogP contribution < -0.4 is 0 Å². The molecule has 1 atom stereocenters. The van der Waals surface area contributed by atoms with Gasteiger partial charge < -0.3 is 9.64 Å². The molecule has 1 rings (SSSR count). The van der Waals surface area contributed by atoms with Crippen molar-refractivity contribution in [3.63, 3.8) is 0 Å². The van der Waals surface area contributed by atoms with E-state index in [9.17, 15) is 4.79 Å². The van der Waals surface area contributed by atoms with E-state index >= 15 is 0 Å². The van der Waals surface area contributed by atoms with E-state index in [0.29, 0.717) is 26.3 Å². The number of unbranched alkanes of at least 4 members (excludes halogenated alkanes) is 3. The standard InChI is InChI=1S/C12H22ClNO2/c1-2-3-4-5-6-11(13)12(15)14-7-9-16-10-8-14/h11H,2-10H2,1H3. The van der Waals surface area contributed by atoms with Gasteiger partial charge in [-0.15, -0.1) is 11.6 Å². The van der Waals surface area contributed by atoms with Crippen LogP contribution in [0.4, 0.5) is 0 Å². The fourth-order valence-electron chi connectivity index (χ4n) is 1.86. The minimum Gasteiger partial charge on any atom is -0.378 e. The molecule has 4 heteroatoms. The molecule has 0 aromatic rings. The van der Waals surface area contributed by atoms with E-state index in [1.54, 1.807) is 0 Å². The van der Waals surface area contributed by atoms with Crippen LogP contribution in [0.1, 0.15) is 39.0 Å². The minimum atomic E-state index is -0.338. The Hall–Kier alpha value is -0.280. The Kier molecular flexibility index (Phi) is 6.81. The van der Waals surface area contributed by atoms with Crippen molar-refractivity contribution in [3.05, 3.63) is 0 Å². The van der Waals surface area contributed by atoms with Crippen LogP contribution in [0, 0.1) is 0 Å². The third kappa shape index (κ3) is 4.71. The summed E-state index contributed by atoms with van der Waals surface area (Å²) in [4.78, 5) is 13.7. The lowest BCUT2D eigenvalue weighted by molar-refractivity contribution is -0.135. The number of hydrogen-bond acceptors (Lipinski definition) is 2. The first kappa shape index (κ1) is 13.8. The number of alkyl halides is 1. The van der Waals surface area contributed by atoms with Crippen molar-refractivity contribution in [1.82, 2.24) is 4.90 Å². The van der Waals surface area contributed by atoms with Crippen molar-refractivity contribution in [2.75, 3.05) is 26.3 Å². The SMILES string of the molecule is CCCCCCC(Cl)C(=O)N1CCOCC1. The molecule has 1 unspecified atom stereocenters. The van der Waals surface area contributed by atoms with Gasteiger partial charge in [-0.05, 0) is 6.42 Å². The van der Waals surface area contributed by atoms with Crippen LogP contribution in [0.3, 0.4) is 0 Å². The number of nitrogens with zero attached hydrogens (tertiary/aromatic N) is 1. The molecule has 1 fully saturated rings. The van der Waals surface area contributed by atoms with Gasteiger partial charge in [-0.2, -0.15) is 0 Å². The Morgan fingerprint density at radius 2 is 2.00 bits per heavy atom. The van der Waals surface area contributed by atoms with Crippen LogP contribution in [0.15, 0.2) is 0 Å². The maximum atomic E-state index is 11.9. The fourth-order valence-corrected chi connectivity index (χ4v) is 2.15. The molecular formula is C12H22ClNO2. The van der Waals surface area contributed by atoms with E-state index in [1.165, 1.54) is 19.3 Å². The Bertz CT molecular complexity index is 205. The molecule has 0 aliphatic carbocycles. The Labute approximate surface area is 103 Å². The number of carbonyl (C=O) groups is 1. The molecule has 0 aromatic heterocycles. The van der Waals surface area contributed by atoms with Gasteiger partial charge in [0, 0.05) is 13.1 Å². The van der Waals surface area contributed by atoms with E-state index in [-0.39, 0.29) is 11.3 Å². The van der Waals surface area contributed by atoms with Gasteiger partial charge in [0.15, 0.2) is 0 Å². The number of rotatable bonds is 6. The maximum Gasteiger partial charge on any atom is 0.240 e. The lowest BCUT2D eigenvalue weighted by Crippen LogP contribution is -2.44. The van der Waals surface area contributed by atoms with Gasteiger partial charge in [0.2, 0.25) is 5.91 Å². The molecule has 1 amide bonds. The van der Waals surface area contributed by atoms with Crippen molar-refractivity contribution in [2.24, 2.45) is 0 Å². The normalized spacial score (nSPS) is 18.5. The molecule has 3 nitrogen and oxygen atoms in total. The first-order valence-electron chi connectivity index (χ1n) is 6.26. The van der Waals surface area contributed by atoms with E-state index in [1.807, 2.05) is 4.90 Å². The van der Waals surface area contributed by atoms with Gasteiger partial charge in [-0.25, -0.2) is 0 Å². The van der Waals surface area contributed by atoms with Crippen molar-refractivity contribution in [2.45, 2.75) is 44.4 Å². The van der Waals surface area contributed by atoms with Gasteiger partial charge in [-0.3, -0.25) is 4.79 Å². The predicted octanol–water partition coefficient (Wildman–Crippen LogP) is 2.42. The number of ether oxygens (including phenoxy) is 1. The monoisotopic (exact) mass is 247 g/mol. The summed E-state index contributed by atoms with van der Waals surface area (Å²) in [5, 5.41) is -0.338. The quantitative estimate of drug-likeness (QED) is 0.533. The summed E-state index contributed by atoms with van der Waals surface area (Å²) in [5.41, 5.74) is 0. The Morgan fingerprint density at radius 3 is 2.62 bits per heavy atom. The zero-order valence-electron chi connectivity index (χ0n) is 10.1. The van der Waals surface area contributed by atoms with E-state index in [4.69, 9.17) is 16.3 Å². The van der Waals surface area contributed by atoms with E-state index in [2.05, 4.69) is 6.92 Å². The van der Waals surface area contributed by atoms with Gasteiger partial charge in [0.1, 0.15) is 5.38 Å². The molecule has 94 valence electrons. The number of amides is 1. The minimum absolute atomic E-state index is 0.0847. The highest BCUT2D eigenvalue weighted by Crippen LogP contribution is 2.13. The van der Waals surface area contributed by atoms with Crippen molar-refractivity contribution in [3.8, 4) is 0 Å². The second kappa shape index (κ2) is 7.91. The van der Waals surface area contributed by atoms with Crippen LogP contribution in [0.25, 0.3) is 0 Å². The molecule has 0 spiro atoms. The lowest BCUT2D eigenvalue weighted by Gasteiger charge is -2.28. The lowest BCUT2D eigenvalue weighted by atomic mass is 10.1. The molecule has 0 saturated carbocycles. The summed E-state index contributed by atoms with van der Waals surface area (Å²) < 4.78 is 5.21. The number of morpholine rings is 1. The zero-order valence-corrected chi connectivity index (χ0v) is 10.8. The van der Waals surface area contributed by atoms with Gasteiger partial charge in [0.05, 0.1) is 13.2 Å². The summed E-state index contributed by atoms with van der Waals surface area (Å²) in [6.45, 7) is 4.85. The molecule has 0 aromatic carbocycles. The smallest absolute Gasteiger partial charge is 0.240 e. The van der Waals surface area contributed by atoms with E-state index in [0.717, 1.165) is 12.8 Å². The van der Waals surface area contributed by atoms with Crippen LogP contribution in [-0.4, -0.2) is 42.5 Å². The zero-order chi connectivity index (χ0) is 11.8. The number of carbonyl (C=O) groups excluding carboxylic acids is 1. The van der Waals surface area contributed by atoms with Gasteiger partial charge in [-0.1, -0.05) is 32.6 Å². The Morgan fingerprint density at radius 1 is 1.31 bits per heavy atom. The van der Waals surface area contributed by atoms with Crippen LogP contribution in [0.5, 0.6) is 0 Å². The molecule has 1 aliphatic heterocycles. The second-order valence-electron chi connectivity index (χ2n) is 4.25. The molecular weight excluding hydrogens is 226 g/mol. The number of hydrogen-bond donors (Lipinski definition) is 0. The summed E-state index contributed by atoms with van der Waals surface area (Å²) in [7, 11) is 0. The highest BCUT2D eigenvalue weighted by Gasteiger charge is 2.23. The average molecular weight is 248 g/mol. The van der Waals surface area contributed by atoms with Crippen LogP contribution in [-0.2, 0) is 9.53 Å². The molecule has 1 heterocycles. The Balaban J connectivity index is 2.18. The van der Waals surface area contributed by atoms with Gasteiger partial charge >= 0.3 is 0 Å². The largest absolute Gasteiger partial charge is 0.378 e. The summed E-state index contributed by atoms with van der Waals surface area (Å²) in [6, 6.07) is 0. The molecule has 0 radical (unpaired) electrons. The molecule has 1 saturated heterocycles. The number of halogens is 1. The summed E-state index contributed by atoms with van der Waals surface area (Å²) >= 11 is 6.11. The van der Waals surface area contributed by atoms with Gasteiger partial charge in [0.25, 0.3) is 0 Å². The van der Waals surface area contributed by atoms with Crippen molar-refractivity contribution < 1.29 is 9.53 Å². The first-order chi connectivity index (χ1) is 7.75. The molecule has 16 heavy (non-hydrogen) atoms. The van der Waals surface area contributed by atoms with Crippen LogP contribution >= 0.6 is 11.6 Å². The summed E-state index contributed by atoms with van der Waals surface area (Å²) in [5.74, 6) is 0.0847. The second-order valence-corrected chi connectivity index (χ2v) is 4.78. The topological polar surface area (TPSA) is 29.5 Å². The summed E-state index contributed by atoms with van der Waals surface area (Å²) in [6.07, 6.45) is 5.48. The van der Waals surface area contributed by atoms with Crippen molar-refractivity contribution in [1.29, 1.82) is 0 Å².